The van der Waals surface area contributed by atoms with E-state index < -0.39 is 17.1 Å². The van der Waals surface area contributed by atoms with Crippen LogP contribution < -0.4 is 5.32 Å². The number of alkyl carbamates (subject to hydrolysis) is 1. The summed E-state index contributed by atoms with van der Waals surface area (Å²) in [6, 6.07) is -0.0250. The lowest BCUT2D eigenvalue weighted by molar-refractivity contribution is -0.113. The smallest absolute Gasteiger partial charge is 0.407 e. The van der Waals surface area contributed by atoms with Gasteiger partial charge in [-0.3, -0.25) is 4.79 Å². The molecule has 20 heavy (non-hydrogen) atoms. The third-order valence-corrected chi connectivity index (χ3v) is 3.07. The van der Waals surface area contributed by atoms with Gasteiger partial charge in [0.1, 0.15) is 11.0 Å². The quantitative estimate of drug-likeness (QED) is 0.810. The highest BCUT2D eigenvalue weighted by atomic mass is 35.5. The van der Waals surface area contributed by atoms with Gasteiger partial charge in [-0.25, -0.2) is 4.79 Å². The number of carbonyl (C=O) groups is 2. The minimum absolute atomic E-state index is 0.0250. The Labute approximate surface area is 125 Å². The van der Waals surface area contributed by atoms with Crippen LogP contribution in [-0.4, -0.2) is 28.9 Å². The second kappa shape index (κ2) is 6.93. The van der Waals surface area contributed by atoms with Crippen LogP contribution in [0.4, 0.5) is 4.79 Å². The molecular weight excluding hydrogens is 278 g/mol. The average Bonchev–Trinajstić information content (AvgIpc) is 2.28. The van der Waals surface area contributed by atoms with Gasteiger partial charge in [-0.2, -0.15) is 0 Å². The summed E-state index contributed by atoms with van der Waals surface area (Å²) >= 11 is 5.77. The summed E-state index contributed by atoms with van der Waals surface area (Å²) in [7, 11) is 0. The predicted octanol–water partition coefficient (Wildman–Crippen LogP) is 3.35. The van der Waals surface area contributed by atoms with E-state index in [1.165, 1.54) is 0 Å². The summed E-state index contributed by atoms with van der Waals surface area (Å²) in [5.41, 5.74) is 0.435. The molecule has 0 aromatic heterocycles. The number of amides is 1. The van der Waals surface area contributed by atoms with Crippen molar-refractivity contribution in [3.63, 3.8) is 0 Å². The molecule has 0 saturated carbocycles. The summed E-state index contributed by atoms with van der Waals surface area (Å²) in [6.07, 6.45) is 6.14. The van der Waals surface area contributed by atoms with Crippen LogP contribution in [0.3, 0.4) is 0 Å². The first-order valence-corrected chi connectivity index (χ1v) is 7.17. The molecule has 0 fully saturated rings. The summed E-state index contributed by atoms with van der Waals surface area (Å²) in [6.45, 7) is 7.37. The summed E-state index contributed by atoms with van der Waals surface area (Å²) in [5.74, 6) is -0.0862. The lowest BCUT2D eigenvalue weighted by Gasteiger charge is -2.22. The summed E-state index contributed by atoms with van der Waals surface area (Å²) in [4.78, 5) is 23.0. The van der Waals surface area contributed by atoms with Gasteiger partial charge >= 0.3 is 6.09 Å². The monoisotopic (exact) mass is 299 g/mol. The Bertz CT molecular complexity index is 435. The highest BCUT2D eigenvalue weighted by Crippen LogP contribution is 2.17. The predicted molar refractivity (Wildman–Crippen MR) is 79.9 cm³/mol. The van der Waals surface area contributed by atoms with E-state index in [4.69, 9.17) is 16.3 Å². The molecule has 1 aliphatic carbocycles. The molecule has 1 aliphatic rings. The SMILES string of the molecule is CC(CCC1=CC(=O)C(Cl)C=C1)NC(=O)OC(C)(C)C. The van der Waals surface area contributed by atoms with E-state index in [1.807, 2.05) is 33.8 Å². The molecular formula is C15H22ClNO3. The molecule has 0 bridgehead atoms. The Balaban J connectivity index is 2.36. The van der Waals surface area contributed by atoms with Gasteiger partial charge in [0, 0.05) is 6.04 Å². The average molecular weight is 300 g/mol. The third-order valence-electron chi connectivity index (χ3n) is 2.71. The van der Waals surface area contributed by atoms with Crippen molar-refractivity contribution in [3.8, 4) is 0 Å². The number of nitrogens with one attached hydrogen (secondary N) is 1. The van der Waals surface area contributed by atoms with E-state index in [0.717, 1.165) is 12.0 Å². The molecule has 5 heteroatoms. The number of ketones is 1. The van der Waals surface area contributed by atoms with Crippen molar-refractivity contribution < 1.29 is 14.3 Å². The molecule has 1 rings (SSSR count). The van der Waals surface area contributed by atoms with E-state index in [1.54, 1.807) is 12.2 Å². The van der Waals surface area contributed by atoms with Crippen molar-refractivity contribution in [1.82, 2.24) is 5.32 Å². The van der Waals surface area contributed by atoms with Crippen molar-refractivity contribution in [2.45, 2.75) is 57.6 Å². The number of rotatable bonds is 4. The first-order valence-electron chi connectivity index (χ1n) is 6.73. The standard InChI is InChI=1S/C15H22ClNO3/c1-10(17-14(19)20-15(2,3)4)5-6-11-7-8-12(16)13(18)9-11/h7-10,12H,5-6H2,1-4H3,(H,17,19). The molecule has 2 atom stereocenters. The van der Waals surface area contributed by atoms with Crippen molar-refractivity contribution in [2.75, 3.05) is 0 Å². The van der Waals surface area contributed by atoms with Gasteiger partial charge in [0.15, 0.2) is 5.78 Å². The Morgan fingerprint density at radius 1 is 1.50 bits per heavy atom. The molecule has 0 aromatic carbocycles. The molecule has 0 heterocycles. The molecule has 4 nitrogen and oxygen atoms in total. The molecule has 112 valence electrons. The van der Waals surface area contributed by atoms with Crippen LogP contribution in [0, 0.1) is 0 Å². The van der Waals surface area contributed by atoms with Crippen LogP contribution >= 0.6 is 11.6 Å². The normalized spacial score (nSPS) is 20.4. The molecule has 1 amide bonds. The zero-order valence-corrected chi connectivity index (χ0v) is 13.2. The fourth-order valence-electron chi connectivity index (χ4n) is 1.73. The Morgan fingerprint density at radius 2 is 2.15 bits per heavy atom. The van der Waals surface area contributed by atoms with Crippen LogP contribution in [0.5, 0.6) is 0 Å². The maximum atomic E-state index is 11.6. The van der Waals surface area contributed by atoms with Crippen LogP contribution in [0.25, 0.3) is 0 Å². The summed E-state index contributed by atoms with van der Waals surface area (Å²) in [5, 5.41) is 2.23. The van der Waals surface area contributed by atoms with Crippen molar-refractivity contribution in [3.05, 3.63) is 23.8 Å². The minimum Gasteiger partial charge on any atom is -0.444 e. The number of hydrogen-bond donors (Lipinski definition) is 1. The fourth-order valence-corrected chi connectivity index (χ4v) is 1.87. The first kappa shape index (κ1) is 16.8. The molecule has 0 spiro atoms. The van der Waals surface area contributed by atoms with Gasteiger partial charge in [-0.15, -0.1) is 11.6 Å². The number of halogens is 1. The van der Waals surface area contributed by atoms with Gasteiger partial charge in [0.25, 0.3) is 0 Å². The number of carbonyl (C=O) groups excluding carboxylic acids is 2. The zero-order chi connectivity index (χ0) is 15.3. The van der Waals surface area contributed by atoms with E-state index in [-0.39, 0.29) is 11.8 Å². The van der Waals surface area contributed by atoms with Gasteiger partial charge in [0.05, 0.1) is 0 Å². The molecule has 0 saturated heterocycles. The lowest BCUT2D eigenvalue weighted by Crippen LogP contribution is -2.37. The second-order valence-corrected chi connectivity index (χ2v) is 6.44. The van der Waals surface area contributed by atoms with Crippen LogP contribution in [0.1, 0.15) is 40.5 Å². The van der Waals surface area contributed by atoms with Crippen molar-refractivity contribution in [1.29, 1.82) is 0 Å². The Morgan fingerprint density at radius 3 is 2.70 bits per heavy atom. The molecule has 0 aliphatic heterocycles. The number of allylic oxidation sites excluding steroid dienone is 4. The van der Waals surface area contributed by atoms with Gasteiger partial charge < -0.3 is 10.1 Å². The Kier molecular flexibility index (Phi) is 5.81. The highest BCUT2D eigenvalue weighted by Gasteiger charge is 2.18. The minimum atomic E-state index is -0.545. The maximum Gasteiger partial charge on any atom is 0.407 e. The van der Waals surface area contributed by atoms with Gasteiger partial charge in [0.2, 0.25) is 0 Å². The number of alkyl halides is 1. The van der Waals surface area contributed by atoms with Crippen molar-refractivity contribution >= 4 is 23.5 Å². The van der Waals surface area contributed by atoms with E-state index in [9.17, 15) is 9.59 Å². The van der Waals surface area contributed by atoms with Crippen molar-refractivity contribution in [2.24, 2.45) is 0 Å². The first-order chi connectivity index (χ1) is 9.17. The molecule has 0 radical (unpaired) electrons. The maximum absolute atomic E-state index is 11.6. The zero-order valence-electron chi connectivity index (χ0n) is 12.4. The molecule has 2 unspecified atom stereocenters. The molecule has 1 N–H and O–H groups in total. The largest absolute Gasteiger partial charge is 0.444 e. The topological polar surface area (TPSA) is 55.4 Å². The highest BCUT2D eigenvalue weighted by molar-refractivity contribution is 6.34. The van der Waals surface area contributed by atoms with Crippen LogP contribution in [0.2, 0.25) is 0 Å². The second-order valence-electron chi connectivity index (χ2n) is 5.97. The van der Waals surface area contributed by atoms with E-state index >= 15 is 0 Å². The van der Waals surface area contributed by atoms with Gasteiger partial charge in [-0.1, -0.05) is 12.2 Å². The number of hydrogen-bond acceptors (Lipinski definition) is 3. The Hall–Kier alpha value is -1.29. The van der Waals surface area contributed by atoms with Gasteiger partial charge in [-0.05, 0) is 52.2 Å². The fraction of sp³-hybridized carbons (Fsp3) is 0.600. The van der Waals surface area contributed by atoms with E-state index in [2.05, 4.69) is 5.32 Å². The third kappa shape index (κ3) is 6.24. The lowest BCUT2D eigenvalue weighted by atomic mass is 10.00. The van der Waals surface area contributed by atoms with Crippen LogP contribution in [0.15, 0.2) is 23.8 Å². The number of ether oxygens (including phenoxy) is 1. The summed E-state index contributed by atoms with van der Waals surface area (Å²) < 4.78 is 5.18. The molecule has 0 aromatic rings. The van der Waals surface area contributed by atoms with Crippen LogP contribution in [-0.2, 0) is 9.53 Å². The van der Waals surface area contributed by atoms with E-state index in [0.29, 0.717) is 6.42 Å².